The molecule has 5 nitrogen and oxygen atoms in total. The zero-order valence-corrected chi connectivity index (χ0v) is 20.3. The van der Waals surface area contributed by atoms with Crippen molar-refractivity contribution in [3.05, 3.63) is 89.5 Å². The van der Waals surface area contributed by atoms with Gasteiger partial charge in [-0.05, 0) is 61.4 Å². The predicted octanol–water partition coefficient (Wildman–Crippen LogP) is 6.20. The largest absolute Gasteiger partial charge is 0.372 e. The predicted molar refractivity (Wildman–Crippen MR) is 141 cm³/mol. The van der Waals surface area contributed by atoms with E-state index in [4.69, 9.17) is 0 Å². The fourth-order valence-electron chi connectivity index (χ4n) is 3.40. The van der Waals surface area contributed by atoms with Crippen LogP contribution in [0.15, 0.2) is 82.2 Å². The van der Waals surface area contributed by atoms with Gasteiger partial charge in [-0.25, -0.2) is 10.4 Å². The molecule has 0 atom stereocenters. The third-order valence-electron chi connectivity index (χ3n) is 5.25. The average Bonchev–Trinajstić information content (AvgIpc) is 3.28. The summed E-state index contributed by atoms with van der Waals surface area (Å²) in [6, 6.07) is 23.9. The van der Waals surface area contributed by atoms with E-state index in [-0.39, 0.29) is 5.91 Å². The van der Waals surface area contributed by atoms with Crippen LogP contribution in [0.2, 0.25) is 0 Å². The van der Waals surface area contributed by atoms with E-state index >= 15 is 0 Å². The van der Waals surface area contributed by atoms with E-state index in [1.165, 1.54) is 10.4 Å². The first-order valence-electron chi connectivity index (χ1n) is 10.9. The summed E-state index contributed by atoms with van der Waals surface area (Å²) in [7, 11) is 0. The number of thiazole rings is 1. The number of thioether (sulfide) groups is 1. The maximum atomic E-state index is 12.4. The minimum Gasteiger partial charge on any atom is -0.372 e. The number of rotatable bonds is 9. The first-order valence-corrected chi connectivity index (χ1v) is 12.7. The number of carbonyl (C=O) groups is 1. The molecule has 4 rings (SSSR count). The zero-order valence-electron chi connectivity index (χ0n) is 18.7. The van der Waals surface area contributed by atoms with Crippen LogP contribution >= 0.6 is 23.1 Å². The second-order valence-corrected chi connectivity index (χ2v) is 9.65. The monoisotopic (exact) mass is 474 g/mol. The number of amides is 1. The smallest absolute Gasteiger partial charge is 0.271 e. The van der Waals surface area contributed by atoms with Gasteiger partial charge < -0.3 is 4.90 Å². The number of nitrogens with zero attached hydrogens (tertiary/aromatic N) is 3. The van der Waals surface area contributed by atoms with Crippen molar-refractivity contribution in [1.82, 2.24) is 10.4 Å². The average molecular weight is 475 g/mol. The molecule has 0 unspecified atom stereocenters. The van der Waals surface area contributed by atoms with E-state index in [1.54, 1.807) is 29.3 Å². The Balaban J connectivity index is 1.29. The van der Waals surface area contributed by atoms with Crippen molar-refractivity contribution < 1.29 is 4.79 Å². The molecular formula is C26H26N4OS2. The maximum absolute atomic E-state index is 12.4. The summed E-state index contributed by atoms with van der Waals surface area (Å²) in [5.74, 6) is 0.583. The summed E-state index contributed by atoms with van der Waals surface area (Å²) < 4.78 is 2.25. The van der Waals surface area contributed by atoms with Gasteiger partial charge in [0.05, 0.1) is 16.4 Å². The first kappa shape index (κ1) is 23.0. The molecule has 168 valence electrons. The first-order chi connectivity index (χ1) is 16.2. The fraction of sp³-hybridized carbons (Fsp3) is 0.192. The molecule has 4 aromatic rings. The lowest BCUT2D eigenvalue weighted by atomic mass is 10.1. The van der Waals surface area contributed by atoms with Crippen LogP contribution in [0.4, 0.5) is 5.69 Å². The highest BCUT2D eigenvalue weighted by molar-refractivity contribution is 8.00. The second kappa shape index (κ2) is 11.1. The molecular weight excluding hydrogens is 448 g/mol. The van der Waals surface area contributed by atoms with Gasteiger partial charge in [-0.3, -0.25) is 4.79 Å². The number of benzene rings is 3. The van der Waals surface area contributed by atoms with Gasteiger partial charge in [-0.1, -0.05) is 48.2 Å². The van der Waals surface area contributed by atoms with Gasteiger partial charge in [0.1, 0.15) is 0 Å². The molecule has 0 bridgehead atoms. The van der Waals surface area contributed by atoms with Gasteiger partial charge in [-0.15, -0.1) is 11.3 Å². The van der Waals surface area contributed by atoms with Crippen LogP contribution in [-0.4, -0.2) is 30.2 Å². The molecule has 0 saturated heterocycles. The highest BCUT2D eigenvalue weighted by atomic mass is 32.2. The van der Waals surface area contributed by atoms with E-state index in [0.29, 0.717) is 5.56 Å². The summed E-state index contributed by atoms with van der Waals surface area (Å²) in [5.41, 5.74) is 7.49. The zero-order chi connectivity index (χ0) is 23.0. The molecule has 7 heteroatoms. The van der Waals surface area contributed by atoms with Gasteiger partial charge in [0.15, 0.2) is 4.34 Å². The van der Waals surface area contributed by atoms with Crippen LogP contribution in [0.25, 0.3) is 10.2 Å². The van der Waals surface area contributed by atoms with Crippen LogP contribution in [0.1, 0.15) is 35.3 Å². The van der Waals surface area contributed by atoms with Crippen LogP contribution < -0.4 is 10.3 Å². The number of fused-ring (bicyclic) bond motifs is 1. The van der Waals surface area contributed by atoms with Gasteiger partial charge in [-0.2, -0.15) is 5.10 Å². The van der Waals surface area contributed by atoms with Gasteiger partial charge in [0.25, 0.3) is 5.91 Å². The molecule has 0 saturated carbocycles. The van der Waals surface area contributed by atoms with Crippen molar-refractivity contribution in [3.8, 4) is 0 Å². The van der Waals surface area contributed by atoms with E-state index < -0.39 is 0 Å². The van der Waals surface area contributed by atoms with Crippen molar-refractivity contribution in [2.45, 2.75) is 23.9 Å². The summed E-state index contributed by atoms with van der Waals surface area (Å²) in [6.07, 6.45) is 1.66. The highest BCUT2D eigenvalue weighted by Gasteiger charge is 2.07. The molecule has 1 aromatic heterocycles. The van der Waals surface area contributed by atoms with Crippen LogP contribution in [0.3, 0.4) is 0 Å². The molecule has 0 aliphatic rings. The molecule has 1 heterocycles. The summed E-state index contributed by atoms with van der Waals surface area (Å²) in [6.45, 7) is 6.23. The van der Waals surface area contributed by atoms with E-state index in [9.17, 15) is 4.79 Å². The Bertz CT molecular complexity index is 1200. The Morgan fingerprint density at radius 2 is 1.76 bits per heavy atom. The van der Waals surface area contributed by atoms with Crippen molar-refractivity contribution >= 4 is 51.1 Å². The molecule has 0 fully saturated rings. The van der Waals surface area contributed by atoms with Crippen LogP contribution in [0.5, 0.6) is 0 Å². The lowest BCUT2D eigenvalue weighted by Gasteiger charge is -2.20. The third-order valence-corrected chi connectivity index (χ3v) is 7.50. The summed E-state index contributed by atoms with van der Waals surface area (Å²) in [4.78, 5) is 19.3. The quantitative estimate of drug-likeness (QED) is 0.178. The maximum Gasteiger partial charge on any atom is 0.271 e. The molecule has 3 aromatic carbocycles. The number of nitrogens with one attached hydrogen (secondary N) is 1. The number of hydrogen-bond donors (Lipinski definition) is 1. The standard InChI is InChI=1S/C26H26N4OS2/c1-3-30(4-2)22-15-11-19(12-16-22)17-27-29-25(31)21-13-9-20(10-14-21)18-32-26-28-23-7-5-6-8-24(23)33-26/h5-17H,3-4,18H2,1-2H3,(H,29,31)/b27-17+. The van der Waals surface area contributed by atoms with Crippen molar-refractivity contribution in [3.63, 3.8) is 0 Å². The molecule has 33 heavy (non-hydrogen) atoms. The second-order valence-electron chi connectivity index (χ2n) is 7.40. The lowest BCUT2D eigenvalue weighted by Crippen LogP contribution is -2.21. The number of hydrogen-bond acceptors (Lipinski definition) is 6. The minimum absolute atomic E-state index is 0.226. The summed E-state index contributed by atoms with van der Waals surface area (Å²) in [5, 5.41) is 4.10. The molecule has 1 amide bonds. The lowest BCUT2D eigenvalue weighted by molar-refractivity contribution is 0.0955. The third kappa shape index (κ3) is 6.00. The van der Waals surface area contributed by atoms with Gasteiger partial charge >= 0.3 is 0 Å². The SMILES string of the molecule is CCN(CC)c1ccc(/C=N/NC(=O)c2ccc(CSc3nc4ccccc4s3)cc2)cc1. The van der Waals surface area contributed by atoms with Crippen molar-refractivity contribution in [2.24, 2.45) is 5.10 Å². The molecule has 0 aliphatic carbocycles. The van der Waals surface area contributed by atoms with E-state index in [2.05, 4.69) is 52.5 Å². The fourth-order valence-corrected chi connectivity index (χ4v) is 5.42. The Labute approximate surface area is 202 Å². The Morgan fingerprint density at radius 3 is 2.45 bits per heavy atom. The van der Waals surface area contributed by atoms with E-state index in [0.717, 1.165) is 39.8 Å². The number of para-hydroxylation sites is 1. The number of anilines is 1. The van der Waals surface area contributed by atoms with Gasteiger partial charge in [0.2, 0.25) is 0 Å². The molecule has 0 radical (unpaired) electrons. The Hall–Kier alpha value is -3.16. The van der Waals surface area contributed by atoms with Gasteiger partial charge in [0, 0.05) is 30.1 Å². The molecule has 0 spiro atoms. The number of carbonyl (C=O) groups excluding carboxylic acids is 1. The number of hydrazone groups is 1. The minimum atomic E-state index is -0.226. The molecule has 1 N–H and O–H groups in total. The highest BCUT2D eigenvalue weighted by Crippen LogP contribution is 2.31. The van der Waals surface area contributed by atoms with Crippen LogP contribution in [0, 0.1) is 0 Å². The van der Waals surface area contributed by atoms with Crippen LogP contribution in [-0.2, 0) is 5.75 Å². The number of aromatic nitrogens is 1. The summed E-state index contributed by atoms with van der Waals surface area (Å²) >= 11 is 3.42. The Kier molecular flexibility index (Phi) is 7.75. The van der Waals surface area contributed by atoms with Crippen molar-refractivity contribution in [2.75, 3.05) is 18.0 Å². The molecule has 0 aliphatic heterocycles. The Morgan fingerprint density at radius 1 is 1.03 bits per heavy atom. The van der Waals surface area contributed by atoms with Crippen molar-refractivity contribution in [1.29, 1.82) is 0 Å². The normalized spacial score (nSPS) is 11.2. The topological polar surface area (TPSA) is 57.6 Å². The van der Waals surface area contributed by atoms with E-state index in [1.807, 2.05) is 54.6 Å².